The summed E-state index contributed by atoms with van der Waals surface area (Å²) >= 11 is 0. The van der Waals surface area contributed by atoms with Crippen LogP contribution in [0.5, 0.6) is 0 Å². The second kappa shape index (κ2) is 5.11. The molecular weight excluding hydrogens is 275 g/mol. The van der Waals surface area contributed by atoms with E-state index in [0.717, 1.165) is 27.5 Å². The number of nitrogens with one attached hydrogen (secondary N) is 1. The second-order valence-electron chi connectivity index (χ2n) is 5.13. The van der Waals surface area contributed by atoms with E-state index in [2.05, 4.69) is 10.3 Å². The zero-order valence-electron chi connectivity index (χ0n) is 11.8. The van der Waals surface area contributed by atoms with Crippen molar-refractivity contribution in [2.24, 2.45) is 0 Å². The first-order valence-corrected chi connectivity index (χ1v) is 7.12. The zero-order chi connectivity index (χ0) is 14.9. The van der Waals surface area contributed by atoms with Gasteiger partial charge >= 0.3 is 0 Å². The molecule has 3 aromatic carbocycles. The molecule has 4 rings (SSSR count). The van der Waals surface area contributed by atoms with Gasteiger partial charge in [0.05, 0.1) is 22.4 Å². The van der Waals surface area contributed by atoms with Crippen molar-refractivity contribution >= 4 is 33.2 Å². The first kappa shape index (κ1) is 12.8. The molecule has 106 valence electrons. The fraction of sp³-hybridized carbons (Fsp3) is 0. The number of halogens is 1. The Balaban J connectivity index is 2.02. The number of pyridine rings is 1. The van der Waals surface area contributed by atoms with Gasteiger partial charge in [-0.2, -0.15) is 0 Å². The van der Waals surface area contributed by atoms with E-state index in [1.54, 1.807) is 12.1 Å². The molecule has 4 aromatic rings. The second-order valence-corrected chi connectivity index (χ2v) is 5.13. The summed E-state index contributed by atoms with van der Waals surface area (Å²) in [5, 5.41) is 5.20. The lowest BCUT2D eigenvalue weighted by Gasteiger charge is -2.13. The molecule has 0 radical (unpaired) electrons. The minimum absolute atomic E-state index is 0.271. The van der Waals surface area contributed by atoms with Crippen LogP contribution in [-0.4, -0.2) is 4.98 Å². The van der Waals surface area contributed by atoms with Crippen LogP contribution in [0.4, 0.5) is 15.8 Å². The van der Waals surface area contributed by atoms with E-state index >= 15 is 0 Å². The van der Waals surface area contributed by atoms with Crippen molar-refractivity contribution in [3.05, 3.63) is 78.6 Å². The van der Waals surface area contributed by atoms with Crippen LogP contribution in [0.2, 0.25) is 0 Å². The molecule has 3 heteroatoms. The molecule has 0 saturated carbocycles. The summed E-state index contributed by atoms with van der Waals surface area (Å²) in [5.74, 6) is -0.271. The van der Waals surface area contributed by atoms with E-state index in [1.807, 2.05) is 54.6 Å². The lowest BCUT2D eigenvalue weighted by molar-refractivity contribution is 0.632. The Morgan fingerprint density at radius 1 is 0.682 bits per heavy atom. The fourth-order valence-electron chi connectivity index (χ4n) is 2.67. The van der Waals surface area contributed by atoms with Gasteiger partial charge in [-0.1, -0.05) is 48.5 Å². The summed E-state index contributed by atoms with van der Waals surface area (Å²) in [7, 11) is 0. The molecule has 1 heterocycles. The van der Waals surface area contributed by atoms with Crippen LogP contribution in [0.25, 0.3) is 21.8 Å². The van der Waals surface area contributed by atoms with E-state index < -0.39 is 0 Å². The van der Waals surface area contributed by atoms with Gasteiger partial charge in [-0.25, -0.2) is 9.37 Å². The molecule has 22 heavy (non-hydrogen) atoms. The molecule has 2 nitrogen and oxygen atoms in total. The molecule has 0 saturated heterocycles. The monoisotopic (exact) mass is 288 g/mol. The lowest BCUT2D eigenvalue weighted by Crippen LogP contribution is -1.97. The number of aromatic nitrogens is 1. The summed E-state index contributed by atoms with van der Waals surface area (Å²) in [4.78, 5) is 4.67. The van der Waals surface area contributed by atoms with Gasteiger partial charge in [-0.3, -0.25) is 0 Å². The highest BCUT2D eigenvalue weighted by Gasteiger charge is 2.10. The summed E-state index contributed by atoms with van der Waals surface area (Å²) < 4.78 is 14.0. The van der Waals surface area contributed by atoms with Crippen molar-refractivity contribution in [3.8, 4) is 0 Å². The predicted octanol–water partition coefficient (Wildman–Crippen LogP) is 5.27. The molecule has 1 aromatic heterocycles. The number of anilines is 2. The highest BCUT2D eigenvalue weighted by atomic mass is 19.1. The molecule has 0 fully saturated rings. The van der Waals surface area contributed by atoms with Crippen molar-refractivity contribution in [1.82, 2.24) is 4.98 Å². The van der Waals surface area contributed by atoms with Crippen molar-refractivity contribution < 1.29 is 4.39 Å². The summed E-state index contributed by atoms with van der Waals surface area (Å²) in [6, 6.07) is 22.5. The number of benzene rings is 3. The Bertz CT molecular complexity index is 925. The molecule has 0 unspecified atom stereocenters. The standard InChI is InChI=1S/C19H13FN2/c20-15-9-3-6-12-18(15)22-19-13-7-1-4-10-16(13)21-17-11-5-2-8-14(17)19/h1-12H,(H,21,22). The molecular formula is C19H13FN2. The molecule has 0 amide bonds. The van der Waals surface area contributed by atoms with Gasteiger partial charge in [0.1, 0.15) is 5.82 Å². The van der Waals surface area contributed by atoms with Gasteiger partial charge < -0.3 is 5.32 Å². The van der Waals surface area contributed by atoms with Gasteiger partial charge in [0, 0.05) is 10.8 Å². The van der Waals surface area contributed by atoms with Gasteiger partial charge in [0.2, 0.25) is 0 Å². The third kappa shape index (κ3) is 2.07. The van der Waals surface area contributed by atoms with Gasteiger partial charge in [-0.15, -0.1) is 0 Å². The van der Waals surface area contributed by atoms with Crippen LogP contribution in [0.15, 0.2) is 72.8 Å². The number of nitrogens with zero attached hydrogens (tertiary/aromatic N) is 1. The van der Waals surface area contributed by atoms with E-state index in [-0.39, 0.29) is 5.82 Å². The normalized spacial score (nSPS) is 11.0. The van der Waals surface area contributed by atoms with Crippen molar-refractivity contribution in [2.45, 2.75) is 0 Å². The number of hydrogen-bond donors (Lipinski definition) is 1. The number of fused-ring (bicyclic) bond motifs is 2. The SMILES string of the molecule is Fc1ccccc1Nc1c2ccccc2nc2ccccc12. The fourth-order valence-corrected chi connectivity index (χ4v) is 2.67. The smallest absolute Gasteiger partial charge is 0.146 e. The molecule has 0 spiro atoms. The van der Waals surface area contributed by atoms with Crippen LogP contribution < -0.4 is 5.32 Å². The quantitative estimate of drug-likeness (QED) is 0.508. The average molecular weight is 288 g/mol. The largest absolute Gasteiger partial charge is 0.352 e. The lowest BCUT2D eigenvalue weighted by atomic mass is 10.1. The van der Waals surface area contributed by atoms with Gasteiger partial charge in [0.25, 0.3) is 0 Å². The summed E-state index contributed by atoms with van der Waals surface area (Å²) in [5.41, 5.74) is 3.12. The molecule has 0 bridgehead atoms. The number of para-hydroxylation sites is 3. The van der Waals surface area contributed by atoms with E-state index in [4.69, 9.17) is 0 Å². The minimum atomic E-state index is -0.271. The Morgan fingerprint density at radius 2 is 1.23 bits per heavy atom. The third-order valence-corrected chi connectivity index (χ3v) is 3.72. The molecule has 0 aliphatic heterocycles. The minimum Gasteiger partial charge on any atom is -0.352 e. The highest BCUT2D eigenvalue weighted by Crippen LogP contribution is 2.33. The van der Waals surface area contributed by atoms with E-state index in [1.165, 1.54) is 6.07 Å². The maximum atomic E-state index is 14.0. The van der Waals surface area contributed by atoms with Crippen LogP contribution in [0, 0.1) is 5.82 Å². The Kier molecular flexibility index (Phi) is 2.97. The Morgan fingerprint density at radius 3 is 1.86 bits per heavy atom. The van der Waals surface area contributed by atoms with Gasteiger partial charge in [-0.05, 0) is 24.3 Å². The first-order chi connectivity index (χ1) is 10.8. The van der Waals surface area contributed by atoms with Crippen LogP contribution in [0.3, 0.4) is 0 Å². The third-order valence-electron chi connectivity index (χ3n) is 3.72. The molecule has 0 aliphatic rings. The number of rotatable bonds is 2. The summed E-state index contributed by atoms with van der Waals surface area (Å²) in [6.07, 6.45) is 0. The molecule has 1 N–H and O–H groups in total. The van der Waals surface area contributed by atoms with E-state index in [0.29, 0.717) is 5.69 Å². The van der Waals surface area contributed by atoms with Crippen molar-refractivity contribution in [1.29, 1.82) is 0 Å². The van der Waals surface area contributed by atoms with Crippen molar-refractivity contribution in [3.63, 3.8) is 0 Å². The topological polar surface area (TPSA) is 24.9 Å². The first-order valence-electron chi connectivity index (χ1n) is 7.12. The van der Waals surface area contributed by atoms with E-state index in [9.17, 15) is 4.39 Å². The van der Waals surface area contributed by atoms with Gasteiger partial charge in [0.15, 0.2) is 0 Å². The number of hydrogen-bond acceptors (Lipinski definition) is 2. The maximum absolute atomic E-state index is 14.0. The predicted molar refractivity (Wildman–Crippen MR) is 88.9 cm³/mol. The molecule has 0 aliphatic carbocycles. The van der Waals surface area contributed by atoms with Crippen molar-refractivity contribution in [2.75, 3.05) is 5.32 Å². The Labute approximate surface area is 127 Å². The average Bonchev–Trinajstić information content (AvgIpc) is 2.56. The summed E-state index contributed by atoms with van der Waals surface area (Å²) in [6.45, 7) is 0. The molecule has 0 atom stereocenters. The zero-order valence-corrected chi connectivity index (χ0v) is 11.8. The van der Waals surface area contributed by atoms with Crippen LogP contribution >= 0.6 is 0 Å². The van der Waals surface area contributed by atoms with Crippen LogP contribution in [0.1, 0.15) is 0 Å². The Hall–Kier alpha value is -2.94. The highest BCUT2D eigenvalue weighted by molar-refractivity contribution is 6.08. The van der Waals surface area contributed by atoms with Crippen LogP contribution in [-0.2, 0) is 0 Å². The maximum Gasteiger partial charge on any atom is 0.146 e.